The predicted molar refractivity (Wildman–Crippen MR) is 89.1 cm³/mol. The summed E-state index contributed by atoms with van der Waals surface area (Å²) in [5, 5.41) is 0.895. The Morgan fingerprint density at radius 2 is 1.86 bits per heavy atom. The molecule has 106 valence electrons. The molecule has 1 heterocycles. The molecule has 0 fully saturated rings. The molecular weight excluding hydrogens is 280 g/mol. The van der Waals surface area contributed by atoms with Crippen molar-refractivity contribution in [3.05, 3.63) is 53.9 Å². The van der Waals surface area contributed by atoms with Crippen molar-refractivity contribution in [3.8, 4) is 0 Å². The van der Waals surface area contributed by atoms with E-state index in [-0.39, 0.29) is 0 Å². The number of thioether (sulfide) groups is 1. The third kappa shape index (κ3) is 2.92. The van der Waals surface area contributed by atoms with Crippen LogP contribution in [0.3, 0.4) is 0 Å². The van der Waals surface area contributed by atoms with Crippen LogP contribution < -0.4 is 11.5 Å². The van der Waals surface area contributed by atoms with E-state index in [1.54, 1.807) is 11.8 Å². The van der Waals surface area contributed by atoms with Gasteiger partial charge in [-0.25, -0.2) is 9.97 Å². The second kappa shape index (κ2) is 5.61. The maximum Gasteiger partial charge on any atom is 0.141 e. The number of anilines is 2. The smallest absolute Gasteiger partial charge is 0.141 e. The van der Waals surface area contributed by atoms with Crippen LogP contribution in [-0.4, -0.2) is 9.97 Å². The first-order valence-electron chi connectivity index (χ1n) is 6.63. The van der Waals surface area contributed by atoms with E-state index in [2.05, 4.69) is 16.9 Å². The SMILES string of the molecule is Cc1ccc(N)cc1SCc1nc(N)c2ccccc2n1. The Morgan fingerprint density at radius 1 is 1.05 bits per heavy atom. The molecule has 0 atom stereocenters. The van der Waals surface area contributed by atoms with Crippen molar-refractivity contribution in [2.45, 2.75) is 17.6 Å². The summed E-state index contributed by atoms with van der Waals surface area (Å²) in [4.78, 5) is 10.1. The number of nitrogens with two attached hydrogens (primary N) is 2. The van der Waals surface area contributed by atoms with E-state index in [9.17, 15) is 0 Å². The van der Waals surface area contributed by atoms with Gasteiger partial charge in [0.15, 0.2) is 0 Å². The lowest BCUT2D eigenvalue weighted by Gasteiger charge is -2.08. The second-order valence-corrected chi connectivity index (χ2v) is 5.87. The van der Waals surface area contributed by atoms with Gasteiger partial charge in [-0.3, -0.25) is 0 Å². The molecule has 0 saturated heterocycles. The minimum absolute atomic E-state index is 0.528. The van der Waals surface area contributed by atoms with E-state index in [4.69, 9.17) is 11.5 Å². The topological polar surface area (TPSA) is 77.8 Å². The Labute approximate surface area is 127 Å². The molecule has 0 amide bonds. The third-order valence-corrected chi connectivity index (χ3v) is 4.40. The average Bonchev–Trinajstić information content (AvgIpc) is 2.48. The first-order valence-corrected chi connectivity index (χ1v) is 7.62. The zero-order chi connectivity index (χ0) is 14.8. The summed E-state index contributed by atoms with van der Waals surface area (Å²) < 4.78 is 0. The Balaban J connectivity index is 1.87. The molecule has 5 heteroatoms. The summed E-state index contributed by atoms with van der Waals surface area (Å²) in [6.45, 7) is 2.07. The number of para-hydroxylation sites is 1. The molecule has 0 aliphatic rings. The Morgan fingerprint density at radius 3 is 2.71 bits per heavy atom. The highest BCUT2D eigenvalue weighted by atomic mass is 32.2. The van der Waals surface area contributed by atoms with Crippen molar-refractivity contribution < 1.29 is 0 Å². The number of hydrogen-bond donors (Lipinski definition) is 2. The highest BCUT2D eigenvalue weighted by Crippen LogP contribution is 2.28. The monoisotopic (exact) mass is 296 g/mol. The molecule has 3 rings (SSSR count). The van der Waals surface area contributed by atoms with Gasteiger partial charge in [0.2, 0.25) is 0 Å². The number of nitrogens with zero attached hydrogens (tertiary/aromatic N) is 2. The van der Waals surface area contributed by atoms with E-state index < -0.39 is 0 Å². The molecule has 0 saturated carbocycles. The highest BCUT2D eigenvalue weighted by Gasteiger charge is 2.07. The number of fused-ring (bicyclic) bond motifs is 1. The van der Waals surface area contributed by atoms with Crippen LogP contribution >= 0.6 is 11.8 Å². The molecule has 21 heavy (non-hydrogen) atoms. The third-order valence-electron chi connectivity index (χ3n) is 3.25. The molecule has 0 aliphatic carbocycles. The highest BCUT2D eigenvalue weighted by molar-refractivity contribution is 7.98. The molecule has 3 aromatic rings. The van der Waals surface area contributed by atoms with Crippen molar-refractivity contribution >= 4 is 34.2 Å². The van der Waals surface area contributed by atoms with Crippen LogP contribution in [-0.2, 0) is 5.75 Å². The van der Waals surface area contributed by atoms with Gasteiger partial charge in [-0.05, 0) is 36.8 Å². The molecule has 1 aromatic heterocycles. The Bertz CT molecular complexity index is 801. The number of rotatable bonds is 3. The lowest BCUT2D eigenvalue weighted by atomic mass is 10.2. The fourth-order valence-electron chi connectivity index (χ4n) is 2.13. The largest absolute Gasteiger partial charge is 0.399 e. The van der Waals surface area contributed by atoms with Crippen molar-refractivity contribution in [2.24, 2.45) is 0 Å². The minimum Gasteiger partial charge on any atom is -0.399 e. The Hall–Kier alpha value is -2.27. The summed E-state index contributed by atoms with van der Waals surface area (Å²) in [6, 6.07) is 13.7. The van der Waals surface area contributed by atoms with Crippen molar-refractivity contribution in [2.75, 3.05) is 11.5 Å². The van der Waals surface area contributed by atoms with Gasteiger partial charge in [-0.15, -0.1) is 11.8 Å². The fraction of sp³-hybridized carbons (Fsp3) is 0.125. The molecule has 0 unspecified atom stereocenters. The molecule has 0 radical (unpaired) electrons. The van der Waals surface area contributed by atoms with Crippen LogP contribution in [0.2, 0.25) is 0 Å². The Kier molecular flexibility index (Phi) is 3.66. The van der Waals surface area contributed by atoms with Crippen LogP contribution in [0.4, 0.5) is 11.5 Å². The first kappa shape index (κ1) is 13.7. The van der Waals surface area contributed by atoms with E-state index in [1.165, 1.54) is 5.56 Å². The van der Waals surface area contributed by atoms with E-state index in [0.29, 0.717) is 11.6 Å². The number of nitrogen functional groups attached to an aromatic ring is 2. The zero-order valence-corrected chi connectivity index (χ0v) is 12.5. The second-order valence-electron chi connectivity index (χ2n) is 4.86. The average molecular weight is 296 g/mol. The molecule has 2 aromatic carbocycles. The van der Waals surface area contributed by atoms with Crippen molar-refractivity contribution in [1.29, 1.82) is 0 Å². The van der Waals surface area contributed by atoms with Gasteiger partial charge in [0.05, 0.1) is 11.3 Å². The van der Waals surface area contributed by atoms with Gasteiger partial charge in [0, 0.05) is 16.0 Å². The van der Waals surface area contributed by atoms with Gasteiger partial charge in [-0.1, -0.05) is 18.2 Å². The zero-order valence-electron chi connectivity index (χ0n) is 11.7. The van der Waals surface area contributed by atoms with Crippen LogP contribution in [0.25, 0.3) is 10.9 Å². The quantitative estimate of drug-likeness (QED) is 0.572. The van der Waals surface area contributed by atoms with Crippen LogP contribution in [0.15, 0.2) is 47.4 Å². The maximum absolute atomic E-state index is 6.00. The molecular formula is C16H16N4S. The van der Waals surface area contributed by atoms with Gasteiger partial charge in [-0.2, -0.15) is 0 Å². The summed E-state index contributed by atoms with van der Waals surface area (Å²) in [5.41, 5.74) is 14.7. The van der Waals surface area contributed by atoms with Crippen molar-refractivity contribution in [1.82, 2.24) is 9.97 Å². The predicted octanol–water partition coefficient (Wildman–Crippen LogP) is 3.39. The summed E-state index contributed by atoms with van der Waals surface area (Å²) in [7, 11) is 0. The first-order chi connectivity index (χ1) is 10.1. The number of aryl methyl sites for hydroxylation is 1. The van der Waals surface area contributed by atoms with E-state index >= 15 is 0 Å². The van der Waals surface area contributed by atoms with Crippen molar-refractivity contribution in [3.63, 3.8) is 0 Å². The lowest BCUT2D eigenvalue weighted by Crippen LogP contribution is -2.00. The molecule has 4 N–H and O–H groups in total. The molecule has 0 spiro atoms. The van der Waals surface area contributed by atoms with Crippen LogP contribution in [0.1, 0.15) is 11.4 Å². The van der Waals surface area contributed by atoms with E-state index in [1.807, 2.05) is 42.5 Å². The molecule has 4 nitrogen and oxygen atoms in total. The standard InChI is InChI=1S/C16H16N4S/c1-10-6-7-11(17)8-14(10)21-9-15-19-13-5-3-2-4-12(13)16(18)20-15/h2-8H,9,17H2,1H3,(H2,18,19,20). The number of aromatic nitrogens is 2. The molecule has 0 bridgehead atoms. The van der Waals surface area contributed by atoms with E-state index in [0.717, 1.165) is 27.3 Å². The van der Waals surface area contributed by atoms with Gasteiger partial charge >= 0.3 is 0 Å². The van der Waals surface area contributed by atoms with Gasteiger partial charge in [0.25, 0.3) is 0 Å². The summed E-state index contributed by atoms with van der Waals surface area (Å²) in [5.74, 6) is 1.93. The number of hydrogen-bond acceptors (Lipinski definition) is 5. The maximum atomic E-state index is 6.00. The van der Waals surface area contributed by atoms with Crippen LogP contribution in [0.5, 0.6) is 0 Å². The van der Waals surface area contributed by atoms with Crippen LogP contribution in [0, 0.1) is 6.92 Å². The summed E-state index contributed by atoms with van der Waals surface area (Å²) >= 11 is 1.67. The summed E-state index contributed by atoms with van der Waals surface area (Å²) in [6.07, 6.45) is 0. The number of benzene rings is 2. The fourth-order valence-corrected chi connectivity index (χ4v) is 3.06. The van der Waals surface area contributed by atoms with Gasteiger partial charge < -0.3 is 11.5 Å². The molecule has 0 aliphatic heterocycles. The lowest BCUT2D eigenvalue weighted by molar-refractivity contribution is 1.07. The van der Waals surface area contributed by atoms with Gasteiger partial charge in [0.1, 0.15) is 11.6 Å². The minimum atomic E-state index is 0.528. The normalized spacial score (nSPS) is 10.9.